The van der Waals surface area contributed by atoms with Crippen molar-refractivity contribution in [1.29, 1.82) is 0 Å². The molecule has 0 saturated carbocycles. The average molecular weight is 226 g/mol. The maximum absolute atomic E-state index is 9.55. The van der Waals surface area contributed by atoms with E-state index in [1.54, 1.807) is 39.3 Å². The number of hydrogen-bond donors (Lipinski definition) is 2. The molecular formula is C12H18O4. The summed E-state index contributed by atoms with van der Waals surface area (Å²) in [6.45, 7) is 1.72. The molecule has 2 N–H and O–H groups in total. The smallest absolute Gasteiger partial charge is 0.166 e. The predicted octanol–water partition coefficient (Wildman–Crippen LogP) is 1.34. The molecule has 4 nitrogen and oxygen atoms in total. The molecule has 16 heavy (non-hydrogen) atoms. The summed E-state index contributed by atoms with van der Waals surface area (Å²) in [5.74, 6) is -0.448. The molecule has 90 valence electrons. The molecule has 0 amide bonds. The number of hydrogen-bond acceptors (Lipinski definition) is 4. The van der Waals surface area contributed by atoms with Crippen molar-refractivity contribution in [3.63, 3.8) is 0 Å². The molecule has 4 heteroatoms. The van der Waals surface area contributed by atoms with Crippen molar-refractivity contribution in [1.82, 2.24) is 0 Å². The maximum Gasteiger partial charge on any atom is 0.166 e. The summed E-state index contributed by atoms with van der Waals surface area (Å²) >= 11 is 0. The van der Waals surface area contributed by atoms with Crippen LogP contribution in [0, 0.1) is 0 Å². The first-order chi connectivity index (χ1) is 7.52. The van der Waals surface area contributed by atoms with Crippen molar-refractivity contribution >= 4 is 0 Å². The van der Waals surface area contributed by atoms with Crippen molar-refractivity contribution in [3.05, 3.63) is 23.8 Å². The fourth-order valence-electron chi connectivity index (χ4n) is 1.44. The molecule has 0 unspecified atom stereocenters. The molecule has 1 rings (SSSR count). The monoisotopic (exact) mass is 226 g/mol. The Morgan fingerprint density at radius 3 is 2.25 bits per heavy atom. The number of aliphatic hydroxyl groups is 2. The van der Waals surface area contributed by atoms with Crippen molar-refractivity contribution in [2.24, 2.45) is 0 Å². The minimum atomic E-state index is -1.67. The van der Waals surface area contributed by atoms with Crippen LogP contribution in [0.15, 0.2) is 18.2 Å². The minimum Gasteiger partial charge on any atom is -0.493 e. The molecule has 0 saturated heterocycles. The van der Waals surface area contributed by atoms with Crippen molar-refractivity contribution < 1.29 is 19.7 Å². The van der Waals surface area contributed by atoms with E-state index in [1.165, 1.54) is 0 Å². The van der Waals surface area contributed by atoms with Gasteiger partial charge in [0, 0.05) is 6.42 Å². The summed E-state index contributed by atoms with van der Waals surface area (Å²) in [4.78, 5) is 0. The van der Waals surface area contributed by atoms with E-state index >= 15 is 0 Å². The van der Waals surface area contributed by atoms with E-state index in [0.29, 0.717) is 11.5 Å². The Labute approximate surface area is 95.4 Å². The Bertz CT molecular complexity index is 347. The third-order valence-corrected chi connectivity index (χ3v) is 2.50. The van der Waals surface area contributed by atoms with E-state index in [9.17, 15) is 10.2 Å². The summed E-state index contributed by atoms with van der Waals surface area (Å²) < 4.78 is 10.2. The van der Waals surface area contributed by atoms with Gasteiger partial charge >= 0.3 is 0 Å². The highest BCUT2D eigenvalue weighted by Crippen LogP contribution is 2.29. The lowest BCUT2D eigenvalue weighted by atomic mass is 10.0. The molecule has 0 bridgehead atoms. The van der Waals surface area contributed by atoms with E-state index in [1.807, 2.05) is 0 Å². The number of methoxy groups -OCH3 is 2. The third-order valence-electron chi connectivity index (χ3n) is 2.50. The van der Waals surface area contributed by atoms with Gasteiger partial charge in [-0.3, -0.25) is 0 Å². The van der Waals surface area contributed by atoms with Crippen molar-refractivity contribution in [3.8, 4) is 11.5 Å². The predicted molar refractivity (Wildman–Crippen MR) is 60.7 cm³/mol. The maximum atomic E-state index is 9.55. The number of ether oxygens (including phenoxy) is 2. The molecular weight excluding hydrogens is 208 g/mol. The highest BCUT2D eigenvalue weighted by atomic mass is 16.5. The Morgan fingerprint density at radius 2 is 1.75 bits per heavy atom. The molecule has 0 aliphatic rings. The van der Waals surface area contributed by atoms with Gasteiger partial charge in [0.25, 0.3) is 0 Å². The fraction of sp³-hybridized carbons (Fsp3) is 0.500. The highest BCUT2D eigenvalue weighted by Gasteiger charge is 2.21. The first-order valence-corrected chi connectivity index (χ1v) is 5.18. The summed E-state index contributed by atoms with van der Waals surface area (Å²) in [7, 11) is 3.11. The summed E-state index contributed by atoms with van der Waals surface area (Å²) in [6.07, 6.45) is 0.450. The first-order valence-electron chi connectivity index (χ1n) is 5.18. The topological polar surface area (TPSA) is 58.9 Å². The van der Waals surface area contributed by atoms with Crippen LogP contribution in [0.1, 0.15) is 18.9 Å². The lowest BCUT2D eigenvalue weighted by Crippen LogP contribution is -2.29. The van der Waals surface area contributed by atoms with Gasteiger partial charge in [-0.1, -0.05) is 13.0 Å². The van der Waals surface area contributed by atoms with Gasteiger partial charge in [0.2, 0.25) is 0 Å². The average Bonchev–Trinajstić information content (AvgIpc) is 2.28. The minimum absolute atomic E-state index is 0.170. The van der Waals surface area contributed by atoms with Crippen LogP contribution in [0.5, 0.6) is 11.5 Å². The number of rotatable bonds is 5. The van der Waals surface area contributed by atoms with Gasteiger partial charge < -0.3 is 19.7 Å². The zero-order chi connectivity index (χ0) is 12.2. The van der Waals surface area contributed by atoms with Crippen LogP contribution in [0.2, 0.25) is 0 Å². The summed E-state index contributed by atoms with van der Waals surface area (Å²) in [5.41, 5.74) is 0.796. The van der Waals surface area contributed by atoms with E-state index in [-0.39, 0.29) is 12.8 Å². The Balaban J connectivity index is 2.91. The zero-order valence-corrected chi connectivity index (χ0v) is 9.86. The highest BCUT2D eigenvalue weighted by molar-refractivity contribution is 5.43. The first kappa shape index (κ1) is 12.8. The molecule has 0 aromatic heterocycles. The van der Waals surface area contributed by atoms with Crippen molar-refractivity contribution in [2.45, 2.75) is 25.6 Å². The molecule has 1 aromatic carbocycles. The van der Waals surface area contributed by atoms with Gasteiger partial charge in [0.15, 0.2) is 17.3 Å². The molecule has 0 aliphatic carbocycles. The van der Waals surface area contributed by atoms with Gasteiger partial charge in [-0.15, -0.1) is 0 Å². The fourth-order valence-corrected chi connectivity index (χ4v) is 1.44. The lowest BCUT2D eigenvalue weighted by Gasteiger charge is -2.20. The van der Waals surface area contributed by atoms with E-state index in [0.717, 1.165) is 5.56 Å². The molecule has 1 aromatic rings. The second kappa shape index (κ2) is 5.18. The van der Waals surface area contributed by atoms with Crippen molar-refractivity contribution in [2.75, 3.05) is 14.2 Å². The largest absolute Gasteiger partial charge is 0.493 e. The molecule has 0 spiro atoms. The summed E-state index contributed by atoms with van der Waals surface area (Å²) in [6, 6.07) is 5.29. The second-order valence-electron chi connectivity index (χ2n) is 3.70. The van der Waals surface area contributed by atoms with Crippen LogP contribution >= 0.6 is 0 Å². The third kappa shape index (κ3) is 3.12. The van der Waals surface area contributed by atoms with Gasteiger partial charge in [-0.2, -0.15) is 0 Å². The SMILES string of the molecule is CCC(O)(O)Cc1ccc(OC)c(OC)c1. The van der Waals surface area contributed by atoms with E-state index in [2.05, 4.69) is 0 Å². The van der Waals surface area contributed by atoms with Crippen LogP contribution in [0.25, 0.3) is 0 Å². The number of benzene rings is 1. The van der Waals surface area contributed by atoms with E-state index in [4.69, 9.17) is 9.47 Å². The Hall–Kier alpha value is -1.26. The van der Waals surface area contributed by atoms with Gasteiger partial charge in [0.1, 0.15) is 0 Å². The molecule has 0 heterocycles. The van der Waals surface area contributed by atoms with Gasteiger partial charge in [0.05, 0.1) is 14.2 Å². The molecule has 0 radical (unpaired) electrons. The molecule has 0 fully saturated rings. The van der Waals surface area contributed by atoms with Gasteiger partial charge in [-0.05, 0) is 24.1 Å². The van der Waals surface area contributed by atoms with Gasteiger partial charge in [-0.25, -0.2) is 0 Å². The quantitative estimate of drug-likeness (QED) is 0.744. The van der Waals surface area contributed by atoms with Crippen LogP contribution in [-0.2, 0) is 6.42 Å². The van der Waals surface area contributed by atoms with E-state index < -0.39 is 5.79 Å². The Morgan fingerprint density at radius 1 is 1.12 bits per heavy atom. The van der Waals surface area contributed by atoms with Crippen LogP contribution in [0.3, 0.4) is 0 Å². The summed E-state index contributed by atoms with van der Waals surface area (Å²) in [5, 5.41) is 19.1. The Kier molecular flexibility index (Phi) is 4.15. The molecule has 0 aliphatic heterocycles. The van der Waals surface area contributed by atoms with Crippen LogP contribution in [-0.4, -0.2) is 30.2 Å². The second-order valence-corrected chi connectivity index (χ2v) is 3.70. The van der Waals surface area contributed by atoms with Crippen LogP contribution in [0.4, 0.5) is 0 Å². The normalized spacial score (nSPS) is 11.3. The van der Waals surface area contributed by atoms with Crippen LogP contribution < -0.4 is 9.47 Å². The zero-order valence-electron chi connectivity index (χ0n) is 9.86. The lowest BCUT2D eigenvalue weighted by molar-refractivity contribution is -0.160. The molecule has 0 atom stereocenters. The standard InChI is InChI=1S/C12H18O4/c1-4-12(13,14)8-9-5-6-10(15-2)11(7-9)16-3/h5-7,13-14H,4,8H2,1-3H3.